The highest BCUT2D eigenvalue weighted by Crippen LogP contribution is 2.49. The van der Waals surface area contributed by atoms with Gasteiger partial charge in [-0.05, 0) is 19.3 Å². The molecule has 0 amide bonds. The van der Waals surface area contributed by atoms with E-state index in [2.05, 4.69) is 24.6 Å². The van der Waals surface area contributed by atoms with E-state index in [1.165, 1.54) is 6.33 Å². The van der Waals surface area contributed by atoms with E-state index in [1.54, 1.807) is 4.57 Å². The van der Waals surface area contributed by atoms with Crippen molar-refractivity contribution in [2.24, 2.45) is 5.92 Å². The Balaban J connectivity index is 1.87. The molecule has 1 fully saturated rings. The summed E-state index contributed by atoms with van der Waals surface area (Å²) in [6, 6.07) is -0.822. The first-order valence-corrected chi connectivity index (χ1v) is 8.96. The molecule has 162 valence electrons. The van der Waals surface area contributed by atoms with Crippen LogP contribution in [-0.2, 0) is 12.7 Å². The molecule has 4 rings (SSSR count). The van der Waals surface area contributed by atoms with E-state index < -0.39 is 41.7 Å². The Hall–Kier alpha value is -2.93. The van der Waals surface area contributed by atoms with Crippen LogP contribution in [-0.4, -0.2) is 35.5 Å². The Morgan fingerprint density at radius 1 is 1.17 bits per heavy atom. The molecular weight excluding hydrogens is 422 g/mol. The number of aromatic nitrogens is 6. The summed E-state index contributed by atoms with van der Waals surface area (Å²) in [4.78, 5) is 21.2. The second-order valence-corrected chi connectivity index (χ2v) is 7.02. The third kappa shape index (κ3) is 3.33. The zero-order chi connectivity index (χ0) is 21.8. The number of fused-ring (bicyclic) bond motifs is 1. The van der Waals surface area contributed by atoms with Crippen LogP contribution in [0.5, 0.6) is 0 Å². The Labute approximate surface area is 163 Å². The van der Waals surface area contributed by atoms with Crippen molar-refractivity contribution in [1.82, 2.24) is 29.3 Å². The van der Waals surface area contributed by atoms with Gasteiger partial charge in [0.25, 0.3) is 5.56 Å². The fourth-order valence-electron chi connectivity index (χ4n) is 3.39. The van der Waals surface area contributed by atoms with Crippen molar-refractivity contribution >= 4 is 11.2 Å². The molecule has 14 heteroatoms. The van der Waals surface area contributed by atoms with Crippen molar-refractivity contribution < 1.29 is 30.8 Å². The average molecular weight is 436 g/mol. The average Bonchev–Trinajstić information content (AvgIpc) is 3.20. The lowest BCUT2D eigenvalue weighted by Gasteiger charge is -2.36. The highest BCUT2D eigenvalue weighted by Gasteiger charge is 2.50. The number of aryl methyl sites for hydroxylation is 1. The van der Waals surface area contributed by atoms with Gasteiger partial charge < -0.3 is 8.98 Å². The minimum Gasteiger partial charge on any atom is -0.399 e. The smallest absolute Gasteiger partial charge is 0.399 e. The van der Waals surface area contributed by atoms with Gasteiger partial charge in [0.2, 0.25) is 0 Å². The number of imidazole rings is 1. The van der Waals surface area contributed by atoms with E-state index in [0.29, 0.717) is 17.5 Å². The van der Waals surface area contributed by atoms with E-state index in [9.17, 15) is 31.1 Å². The lowest BCUT2D eigenvalue weighted by Crippen LogP contribution is -2.38. The number of hydrogen-bond donors (Lipinski definition) is 0. The minimum atomic E-state index is -4.95. The zero-order valence-electron chi connectivity index (χ0n) is 15.3. The van der Waals surface area contributed by atoms with Crippen molar-refractivity contribution in [2.45, 2.75) is 51.0 Å². The standard InChI is InChI=1S/C16H14F6N6O2/c1-2-3-27-6-23-9-11(27)24-10(7-4-8(5-7)15(17,18)19)28(12(9)29)14-26-25-13(30-14)16(20,21)22/h6-8H,2-5H2,1H3. The van der Waals surface area contributed by atoms with Gasteiger partial charge in [0.05, 0.1) is 12.2 Å². The number of rotatable bonds is 4. The van der Waals surface area contributed by atoms with Gasteiger partial charge in [-0.25, -0.2) is 14.5 Å². The van der Waals surface area contributed by atoms with Gasteiger partial charge in [0, 0.05) is 12.5 Å². The summed E-state index contributed by atoms with van der Waals surface area (Å²) < 4.78 is 84.1. The summed E-state index contributed by atoms with van der Waals surface area (Å²) in [7, 11) is 0. The molecule has 8 nitrogen and oxygen atoms in total. The first-order chi connectivity index (χ1) is 14.0. The summed E-state index contributed by atoms with van der Waals surface area (Å²) in [6.07, 6.45) is -8.07. The highest BCUT2D eigenvalue weighted by molar-refractivity contribution is 5.70. The molecule has 3 aromatic heterocycles. The van der Waals surface area contributed by atoms with Crippen LogP contribution in [0.15, 0.2) is 15.5 Å². The SMILES string of the molecule is CCCn1cnc2c(=O)n(-c3nnc(C(F)(F)F)o3)c(C3CC(C(F)(F)F)C3)nc21. The van der Waals surface area contributed by atoms with Crippen molar-refractivity contribution in [3.05, 3.63) is 28.4 Å². The van der Waals surface area contributed by atoms with Gasteiger partial charge >= 0.3 is 24.3 Å². The third-order valence-electron chi connectivity index (χ3n) is 4.94. The van der Waals surface area contributed by atoms with Gasteiger partial charge in [-0.1, -0.05) is 12.0 Å². The first kappa shape index (κ1) is 20.3. The number of halogens is 6. The number of nitrogens with zero attached hydrogens (tertiary/aromatic N) is 6. The lowest BCUT2D eigenvalue weighted by atomic mass is 9.74. The first-order valence-electron chi connectivity index (χ1n) is 8.96. The van der Waals surface area contributed by atoms with E-state index >= 15 is 0 Å². The molecule has 1 saturated carbocycles. The molecule has 0 spiro atoms. The Bertz CT molecular complexity index is 1140. The molecule has 0 bridgehead atoms. The lowest BCUT2D eigenvalue weighted by molar-refractivity contribution is -0.198. The largest absolute Gasteiger partial charge is 0.470 e. The zero-order valence-corrected chi connectivity index (χ0v) is 15.3. The van der Waals surface area contributed by atoms with Gasteiger partial charge in [-0.2, -0.15) is 26.3 Å². The molecule has 0 aliphatic heterocycles. The van der Waals surface area contributed by atoms with Crippen molar-refractivity contribution in [3.8, 4) is 6.01 Å². The summed E-state index contributed by atoms with van der Waals surface area (Å²) in [5.74, 6) is -4.26. The van der Waals surface area contributed by atoms with Crippen LogP contribution in [0.3, 0.4) is 0 Å². The van der Waals surface area contributed by atoms with E-state index in [-0.39, 0.29) is 29.8 Å². The molecule has 30 heavy (non-hydrogen) atoms. The maximum Gasteiger partial charge on any atom is 0.470 e. The summed E-state index contributed by atoms with van der Waals surface area (Å²) in [5.41, 5.74) is -0.914. The van der Waals surface area contributed by atoms with Crippen LogP contribution in [0.1, 0.15) is 43.8 Å². The van der Waals surface area contributed by atoms with E-state index in [4.69, 9.17) is 0 Å². The van der Waals surface area contributed by atoms with E-state index in [0.717, 1.165) is 0 Å². The van der Waals surface area contributed by atoms with E-state index in [1.807, 2.05) is 6.92 Å². The van der Waals surface area contributed by atoms with Crippen molar-refractivity contribution in [2.75, 3.05) is 0 Å². The van der Waals surface area contributed by atoms with Gasteiger partial charge in [0.1, 0.15) is 5.82 Å². The number of alkyl halides is 6. The van der Waals surface area contributed by atoms with Crippen LogP contribution in [0.25, 0.3) is 17.2 Å². The molecule has 3 aromatic rings. The van der Waals surface area contributed by atoms with Crippen molar-refractivity contribution in [1.29, 1.82) is 0 Å². The number of hydrogen-bond acceptors (Lipinski definition) is 6. The van der Waals surface area contributed by atoms with Crippen molar-refractivity contribution in [3.63, 3.8) is 0 Å². The van der Waals surface area contributed by atoms with Crippen LogP contribution < -0.4 is 5.56 Å². The summed E-state index contributed by atoms with van der Waals surface area (Å²) in [6.45, 7) is 2.31. The summed E-state index contributed by atoms with van der Waals surface area (Å²) in [5, 5.41) is 6.15. The van der Waals surface area contributed by atoms with Gasteiger partial charge in [-0.15, -0.1) is 5.10 Å². The second-order valence-electron chi connectivity index (χ2n) is 7.02. The van der Waals surface area contributed by atoms with Gasteiger partial charge in [0.15, 0.2) is 11.2 Å². The van der Waals surface area contributed by atoms with Crippen LogP contribution in [0.4, 0.5) is 26.3 Å². The maximum atomic E-state index is 13.0. The molecule has 0 saturated heterocycles. The molecule has 0 unspecified atom stereocenters. The molecule has 1 aliphatic rings. The van der Waals surface area contributed by atoms with Crippen LogP contribution in [0.2, 0.25) is 0 Å². The van der Waals surface area contributed by atoms with Crippen LogP contribution in [0, 0.1) is 5.92 Å². The van der Waals surface area contributed by atoms with Gasteiger partial charge in [-0.3, -0.25) is 4.79 Å². The fourth-order valence-corrected chi connectivity index (χ4v) is 3.39. The molecular formula is C16H14F6N6O2. The molecule has 0 radical (unpaired) electrons. The second kappa shape index (κ2) is 6.80. The highest BCUT2D eigenvalue weighted by atomic mass is 19.4. The summed E-state index contributed by atoms with van der Waals surface area (Å²) >= 11 is 0. The minimum absolute atomic E-state index is 0.138. The Morgan fingerprint density at radius 2 is 1.87 bits per heavy atom. The van der Waals surface area contributed by atoms with Crippen LogP contribution >= 0.6 is 0 Å². The topological polar surface area (TPSA) is 91.6 Å². The normalized spacial score (nSPS) is 20.0. The molecule has 0 aromatic carbocycles. The molecule has 0 N–H and O–H groups in total. The third-order valence-corrected chi connectivity index (χ3v) is 4.94. The quantitative estimate of drug-likeness (QED) is 0.582. The molecule has 0 atom stereocenters. The maximum absolute atomic E-state index is 13.0. The predicted octanol–water partition coefficient (Wildman–Crippen LogP) is 3.45. The predicted molar refractivity (Wildman–Crippen MR) is 87.8 cm³/mol. The molecule has 3 heterocycles. The monoisotopic (exact) mass is 436 g/mol. The fraction of sp³-hybridized carbons (Fsp3) is 0.562. The Morgan fingerprint density at radius 3 is 2.43 bits per heavy atom. The Kier molecular flexibility index (Phi) is 4.62. The molecule has 1 aliphatic carbocycles.